The number of hydrogen-bond donors (Lipinski definition) is 2. The van der Waals surface area contributed by atoms with Gasteiger partial charge in [-0.05, 0) is 25.3 Å². The topological polar surface area (TPSA) is 53.7 Å². The van der Waals surface area contributed by atoms with Gasteiger partial charge in [-0.15, -0.1) is 11.3 Å². The molecule has 25 heavy (non-hydrogen) atoms. The van der Waals surface area contributed by atoms with Crippen LogP contribution in [0.3, 0.4) is 0 Å². The first-order chi connectivity index (χ1) is 12.2. The van der Waals surface area contributed by atoms with E-state index in [2.05, 4.69) is 65.6 Å². The summed E-state index contributed by atoms with van der Waals surface area (Å²) < 4.78 is 2.04. The molecule has 132 valence electrons. The zero-order valence-electron chi connectivity index (χ0n) is 15.0. The Morgan fingerprint density at radius 3 is 3.00 bits per heavy atom. The van der Waals surface area contributed by atoms with Crippen LogP contribution in [0.25, 0.3) is 4.96 Å². The molecule has 3 rings (SSSR count). The first kappa shape index (κ1) is 17.5. The smallest absolute Gasteiger partial charge is 0.193 e. The Morgan fingerprint density at radius 2 is 2.24 bits per heavy atom. The molecule has 0 bridgehead atoms. The molecule has 0 aliphatic heterocycles. The second kappa shape index (κ2) is 8.16. The molecule has 0 radical (unpaired) electrons. The third-order valence-electron chi connectivity index (χ3n) is 4.07. The molecule has 1 unspecified atom stereocenters. The maximum Gasteiger partial charge on any atom is 0.193 e. The highest BCUT2D eigenvalue weighted by Crippen LogP contribution is 2.15. The summed E-state index contributed by atoms with van der Waals surface area (Å²) in [5, 5.41) is 8.78. The fourth-order valence-corrected chi connectivity index (χ4v) is 3.42. The number of nitrogens with zero attached hydrogens (tertiary/aromatic N) is 3. The summed E-state index contributed by atoms with van der Waals surface area (Å²) in [6, 6.07) is 8.67. The molecule has 1 atom stereocenters. The number of thiazole rings is 1. The minimum absolute atomic E-state index is 0.418. The van der Waals surface area contributed by atoms with E-state index in [-0.39, 0.29) is 0 Å². The number of nitrogens with one attached hydrogen (secondary N) is 2. The molecule has 2 N–H and O–H groups in total. The molecule has 0 aliphatic carbocycles. The summed E-state index contributed by atoms with van der Waals surface area (Å²) in [6.07, 6.45) is 4.06. The van der Waals surface area contributed by atoms with Gasteiger partial charge in [-0.3, -0.25) is 4.40 Å². The molecule has 0 aliphatic rings. The van der Waals surface area contributed by atoms with E-state index >= 15 is 0 Å². The summed E-state index contributed by atoms with van der Waals surface area (Å²) >= 11 is 1.64. The summed E-state index contributed by atoms with van der Waals surface area (Å²) in [7, 11) is 0. The average molecular weight is 356 g/mol. The summed E-state index contributed by atoms with van der Waals surface area (Å²) in [6.45, 7) is 8.69. The van der Waals surface area contributed by atoms with Crippen LogP contribution < -0.4 is 10.6 Å². The number of guanidine groups is 1. The molecule has 6 heteroatoms. The molecular weight excluding hydrogens is 330 g/mol. The van der Waals surface area contributed by atoms with Crippen molar-refractivity contribution < 1.29 is 0 Å². The lowest BCUT2D eigenvalue weighted by molar-refractivity contribution is 0.699. The zero-order chi connectivity index (χ0) is 17.6. The molecule has 0 saturated heterocycles. The summed E-state index contributed by atoms with van der Waals surface area (Å²) in [4.78, 5) is 10.3. The fourth-order valence-electron chi connectivity index (χ4n) is 2.70. The lowest BCUT2D eigenvalue weighted by atomic mass is 9.99. The van der Waals surface area contributed by atoms with E-state index in [0.29, 0.717) is 12.5 Å². The van der Waals surface area contributed by atoms with E-state index < -0.39 is 0 Å². The zero-order valence-corrected chi connectivity index (χ0v) is 15.8. The van der Waals surface area contributed by atoms with E-state index in [1.54, 1.807) is 11.3 Å². The minimum atomic E-state index is 0.418. The van der Waals surface area contributed by atoms with Crippen molar-refractivity contribution in [2.24, 2.45) is 4.99 Å². The normalized spacial score (nSPS) is 13.2. The van der Waals surface area contributed by atoms with Gasteiger partial charge in [-0.1, -0.05) is 36.8 Å². The molecule has 0 fully saturated rings. The third-order valence-corrected chi connectivity index (χ3v) is 4.84. The van der Waals surface area contributed by atoms with Gasteiger partial charge >= 0.3 is 0 Å². The second-order valence-corrected chi connectivity index (χ2v) is 7.09. The number of benzene rings is 1. The molecule has 3 aromatic rings. The van der Waals surface area contributed by atoms with Gasteiger partial charge < -0.3 is 10.6 Å². The van der Waals surface area contributed by atoms with Crippen molar-refractivity contribution in [3.8, 4) is 0 Å². The van der Waals surface area contributed by atoms with Crippen molar-refractivity contribution in [3.63, 3.8) is 0 Å². The van der Waals surface area contributed by atoms with Crippen LogP contribution in [-0.2, 0) is 6.54 Å². The van der Waals surface area contributed by atoms with Gasteiger partial charge in [0, 0.05) is 30.9 Å². The minimum Gasteiger partial charge on any atom is -0.357 e. The Morgan fingerprint density at radius 1 is 1.36 bits per heavy atom. The standard InChI is InChI=1S/C19H25N5S/c1-4-20-18(21-11-15(3)16-7-5-6-14(2)10-16)22-12-17-13-24-8-9-25-19(24)23-17/h5-10,13,15H,4,11-12H2,1-3H3,(H2,20,21,22). The van der Waals surface area contributed by atoms with Crippen molar-refractivity contribution in [1.82, 2.24) is 20.0 Å². The van der Waals surface area contributed by atoms with E-state index in [0.717, 1.165) is 29.7 Å². The van der Waals surface area contributed by atoms with Crippen LogP contribution in [-0.4, -0.2) is 28.4 Å². The Kier molecular flexibility index (Phi) is 5.71. The Hall–Kier alpha value is -2.34. The lowest BCUT2D eigenvalue weighted by Gasteiger charge is -2.16. The van der Waals surface area contributed by atoms with E-state index in [1.807, 2.05) is 22.2 Å². The Bertz CT molecular complexity index is 820. The Balaban J connectivity index is 1.61. The van der Waals surface area contributed by atoms with Gasteiger partial charge in [0.15, 0.2) is 10.9 Å². The number of aliphatic imine (C=N–C) groups is 1. The van der Waals surface area contributed by atoms with E-state index in [9.17, 15) is 0 Å². The first-order valence-corrected chi connectivity index (χ1v) is 9.53. The molecule has 0 saturated carbocycles. The average Bonchev–Trinajstić information content (AvgIpc) is 3.18. The predicted molar refractivity (Wildman–Crippen MR) is 105 cm³/mol. The predicted octanol–water partition coefficient (Wildman–Crippen LogP) is 3.56. The van der Waals surface area contributed by atoms with Crippen LogP contribution in [0.15, 0.2) is 47.0 Å². The van der Waals surface area contributed by atoms with Crippen molar-refractivity contribution in [3.05, 3.63) is 58.9 Å². The highest BCUT2D eigenvalue weighted by atomic mass is 32.1. The van der Waals surface area contributed by atoms with Gasteiger partial charge in [0.2, 0.25) is 0 Å². The molecule has 2 aromatic heterocycles. The van der Waals surface area contributed by atoms with Crippen molar-refractivity contribution in [1.29, 1.82) is 0 Å². The molecule has 1 aromatic carbocycles. The van der Waals surface area contributed by atoms with E-state index in [4.69, 9.17) is 0 Å². The first-order valence-electron chi connectivity index (χ1n) is 8.65. The van der Waals surface area contributed by atoms with Crippen LogP contribution in [0.1, 0.15) is 36.6 Å². The number of imidazole rings is 1. The monoisotopic (exact) mass is 355 g/mol. The van der Waals surface area contributed by atoms with Gasteiger partial charge in [0.05, 0.1) is 12.2 Å². The van der Waals surface area contributed by atoms with Gasteiger partial charge in [0.1, 0.15) is 0 Å². The summed E-state index contributed by atoms with van der Waals surface area (Å²) in [5.74, 6) is 1.25. The number of hydrogen-bond acceptors (Lipinski definition) is 3. The van der Waals surface area contributed by atoms with Crippen LogP contribution >= 0.6 is 11.3 Å². The second-order valence-electron chi connectivity index (χ2n) is 6.22. The van der Waals surface area contributed by atoms with Crippen LogP contribution in [0, 0.1) is 6.92 Å². The van der Waals surface area contributed by atoms with E-state index in [1.165, 1.54) is 11.1 Å². The SMILES string of the molecule is CCNC(=NCc1cn2ccsc2n1)NCC(C)c1cccc(C)c1. The number of rotatable bonds is 6. The van der Waals surface area contributed by atoms with Gasteiger partial charge in [-0.25, -0.2) is 9.98 Å². The van der Waals surface area contributed by atoms with Crippen LogP contribution in [0.2, 0.25) is 0 Å². The summed E-state index contributed by atoms with van der Waals surface area (Å²) in [5.41, 5.74) is 3.62. The molecular formula is C19H25N5S. The quantitative estimate of drug-likeness (QED) is 0.525. The molecule has 0 amide bonds. The number of aromatic nitrogens is 2. The fraction of sp³-hybridized carbons (Fsp3) is 0.368. The van der Waals surface area contributed by atoms with Crippen molar-refractivity contribution in [2.45, 2.75) is 33.2 Å². The van der Waals surface area contributed by atoms with Crippen molar-refractivity contribution >= 4 is 22.3 Å². The number of aryl methyl sites for hydroxylation is 1. The molecule has 5 nitrogen and oxygen atoms in total. The lowest BCUT2D eigenvalue weighted by Crippen LogP contribution is -2.39. The molecule has 2 heterocycles. The maximum absolute atomic E-state index is 4.66. The highest BCUT2D eigenvalue weighted by Gasteiger charge is 2.07. The highest BCUT2D eigenvalue weighted by molar-refractivity contribution is 7.15. The van der Waals surface area contributed by atoms with Crippen LogP contribution in [0.5, 0.6) is 0 Å². The van der Waals surface area contributed by atoms with Crippen LogP contribution in [0.4, 0.5) is 0 Å². The third kappa shape index (κ3) is 4.60. The van der Waals surface area contributed by atoms with Gasteiger partial charge in [0.25, 0.3) is 0 Å². The van der Waals surface area contributed by atoms with Gasteiger partial charge in [-0.2, -0.15) is 0 Å². The largest absolute Gasteiger partial charge is 0.357 e. The maximum atomic E-state index is 4.66. The molecule has 0 spiro atoms. The Labute approximate surface area is 152 Å². The number of fused-ring (bicyclic) bond motifs is 1. The van der Waals surface area contributed by atoms with Crippen molar-refractivity contribution in [2.75, 3.05) is 13.1 Å².